The van der Waals surface area contributed by atoms with Gasteiger partial charge in [0.25, 0.3) is 0 Å². The topological polar surface area (TPSA) is 152 Å². The third kappa shape index (κ3) is 14.9. The zero-order valence-electron chi connectivity index (χ0n) is 42.3. The summed E-state index contributed by atoms with van der Waals surface area (Å²) in [7, 11) is 0. The lowest BCUT2D eigenvalue weighted by Gasteiger charge is -2.59. The number of ether oxygens (including phenoxy) is 5. The highest BCUT2D eigenvalue weighted by Crippen LogP contribution is 2.59. The number of carbonyl (C=O) groups excluding carboxylic acids is 5. The molecule has 1 N–H and O–H groups in total. The van der Waals surface area contributed by atoms with Crippen LogP contribution in [0.5, 0.6) is 0 Å². The Morgan fingerprint density at radius 1 is 0.619 bits per heavy atom. The van der Waals surface area contributed by atoms with Gasteiger partial charge in [-0.25, -0.2) is 4.79 Å². The zero-order chi connectivity index (χ0) is 47.7. The van der Waals surface area contributed by atoms with Crippen LogP contribution in [0.15, 0.2) is 0 Å². The lowest BCUT2D eigenvalue weighted by Crippen LogP contribution is -2.61. The van der Waals surface area contributed by atoms with Gasteiger partial charge in [0.2, 0.25) is 6.10 Å². The molecule has 7 rings (SSSR count). The van der Waals surface area contributed by atoms with Gasteiger partial charge in [0.15, 0.2) is 0 Å². The van der Waals surface area contributed by atoms with Gasteiger partial charge in [-0.1, -0.05) is 41.0 Å². The van der Waals surface area contributed by atoms with Gasteiger partial charge in [0, 0.05) is 12.8 Å². The van der Waals surface area contributed by atoms with Crippen molar-refractivity contribution < 1.29 is 52.8 Å². The number of hydrogen-bond acceptors (Lipinski definition) is 11. The van der Waals surface area contributed by atoms with Crippen molar-refractivity contribution in [1.82, 2.24) is 0 Å². The van der Waals surface area contributed by atoms with Crippen molar-refractivity contribution in [2.45, 2.75) is 260 Å². The minimum atomic E-state index is -0.687. The molecule has 1 saturated heterocycles. The standard InChI is InChI=1S/C16H26O3.C14H26O2.C12H22O2.C10H16O4/c1-4-14(2,3)13(17)19-16-8-11-5-12(9-16)7-15(18,6-11)10-16;1-5-13(3,4)12(15)16-14(6-2)10-8-7-9-11-14;1-5-11(2,3)10(13)14-12(4)8-6-7-9-12;1-4-10(2,3)9(12)14-7-5-6-13-8(7)11/h11-12,18H,4-10H2,1-3H3;5-11H2,1-4H3;5-9H2,1-4H3;7H,4-6H2,1-3H3. The molecule has 7 aliphatic rings. The van der Waals surface area contributed by atoms with Crippen LogP contribution in [0.1, 0.15) is 232 Å². The molecule has 6 aliphatic carbocycles. The molecule has 7 fully saturated rings. The molecular formula is C52H90O11. The quantitative estimate of drug-likeness (QED) is 0.139. The van der Waals surface area contributed by atoms with Crippen molar-refractivity contribution >= 4 is 29.8 Å². The van der Waals surface area contributed by atoms with Crippen LogP contribution < -0.4 is 0 Å². The van der Waals surface area contributed by atoms with Crippen molar-refractivity contribution in [3.05, 3.63) is 0 Å². The number of hydrogen-bond donors (Lipinski definition) is 1. The number of carbonyl (C=O) groups is 5. The largest absolute Gasteiger partial charge is 0.463 e. The van der Waals surface area contributed by atoms with Crippen LogP contribution in [0.4, 0.5) is 0 Å². The normalized spacial score (nSPS) is 28.1. The molecule has 1 heterocycles. The molecule has 3 unspecified atom stereocenters. The van der Waals surface area contributed by atoms with E-state index in [4.69, 9.17) is 23.7 Å². The van der Waals surface area contributed by atoms with E-state index in [1.807, 2.05) is 69.2 Å². The molecule has 364 valence electrons. The summed E-state index contributed by atoms with van der Waals surface area (Å²) in [5.41, 5.74) is -2.84. The first-order chi connectivity index (χ1) is 29.1. The van der Waals surface area contributed by atoms with Crippen molar-refractivity contribution in [3.63, 3.8) is 0 Å². The van der Waals surface area contributed by atoms with Crippen LogP contribution in [0.25, 0.3) is 0 Å². The number of rotatable bonds is 13. The van der Waals surface area contributed by atoms with E-state index in [9.17, 15) is 29.1 Å². The van der Waals surface area contributed by atoms with Crippen LogP contribution >= 0.6 is 0 Å². The molecule has 63 heavy (non-hydrogen) atoms. The molecule has 6 saturated carbocycles. The molecule has 0 amide bonds. The maximum atomic E-state index is 12.4. The first-order valence-corrected chi connectivity index (χ1v) is 24.9. The van der Waals surface area contributed by atoms with Gasteiger partial charge >= 0.3 is 29.8 Å². The Bertz CT molecular complexity index is 1530. The van der Waals surface area contributed by atoms with E-state index in [-0.39, 0.29) is 51.5 Å². The molecule has 1 aliphatic heterocycles. The Kier molecular flexibility index (Phi) is 18.9. The molecule has 0 spiro atoms. The van der Waals surface area contributed by atoms with E-state index >= 15 is 0 Å². The second-order valence-electron chi connectivity index (χ2n) is 23.1. The van der Waals surface area contributed by atoms with Crippen LogP contribution in [0, 0.1) is 33.5 Å². The Hall–Kier alpha value is -2.69. The number of esters is 5. The van der Waals surface area contributed by atoms with Crippen LogP contribution in [0.3, 0.4) is 0 Å². The fraction of sp³-hybridized carbons (Fsp3) is 0.904. The maximum Gasteiger partial charge on any atom is 0.347 e. The van der Waals surface area contributed by atoms with Crippen molar-refractivity contribution in [3.8, 4) is 0 Å². The van der Waals surface area contributed by atoms with Crippen molar-refractivity contribution in [2.24, 2.45) is 33.5 Å². The SMILES string of the molecule is CCC(C)(C)C(=O)OC1(C)CCCC1.CCC(C)(C)C(=O)OC12CC3CC(CC(O)(C3)C1)C2.CCC(C)(C)C(=O)OC1CCOC1=O.CCC1(OC(=O)C(C)(C)CC)CCCCC1. The van der Waals surface area contributed by atoms with Gasteiger partial charge in [-0.05, 0) is 190 Å². The maximum absolute atomic E-state index is 12.4. The average molecular weight is 891 g/mol. The van der Waals surface area contributed by atoms with E-state index in [1.54, 1.807) is 13.8 Å². The minimum absolute atomic E-state index is 0.0150. The molecular weight excluding hydrogens is 801 g/mol. The van der Waals surface area contributed by atoms with Gasteiger partial charge in [-0.3, -0.25) is 19.2 Å². The lowest BCUT2D eigenvalue weighted by atomic mass is 9.52. The third-order valence-electron chi connectivity index (χ3n) is 15.9. The first-order valence-electron chi connectivity index (χ1n) is 24.9. The van der Waals surface area contributed by atoms with Crippen molar-refractivity contribution in [1.29, 1.82) is 0 Å². The highest BCUT2D eigenvalue weighted by Gasteiger charge is 2.59. The Morgan fingerprint density at radius 3 is 1.46 bits per heavy atom. The zero-order valence-corrected chi connectivity index (χ0v) is 42.3. The second-order valence-corrected chi connectivity index (χ2v) is 23.1. The van der Waals surface area contributed by atoms with Gasteiger partial charge in [0.1, 0.15) is 16.8 Å². The Balaban J connectivity index is 0.000000226. The first kappa shape index (κ1) is 54.6. The van der Waals surface area contributed by atoms with E-state index in [0.717, 1.165) is 77.0 Å². The predicted octanol–water partition coefficient (Wildman–Crippen LogP) is 11.7. The van der Waals surface area contributed by atoms with E-state index in [1.165, 1.54) is 38.5 Å². The minimum Gasteiger partial charge on any atom is -0.463 e. The van der Waals surface area contributed by atoms with E-state index < -0.39 is 28.5 Å². The average Bonchev–Trinajstić information content (AvgIpc) is 3.84. The second kappa shape index (κ2) is 21.7. The summed E-state index contributed by atoms with van der Waals surface area (Å²) in [6, 6.07) is 0. The molecule has 11 nitrogen and oxygen atoms in total. The van der Waals surface area contributed by atoms with Gasteiger partial charge < -0.3 is 28.8 Å². The molecule has 11 heteroatoms. The molecule has 0 aromatic carbocycles. The van der Waals surface area contributed by atoms with Crippen LogP contribution in [-0.4, -0.2) is 70.1 Å². The van der Waals surface area contributed by atoms with Gasteiger partial charge in [-0.2, -0.15) is 0 Å². The molecule has 0 aromatic heterocycles. The Labute approximate surface area is 382 Å². The summed E-state index contributed by atoms with van der Waals surface area (Å²) in [6.45, 7) is 27.9. The van der Waals surface area contributed by atoms with E-state index in [2.05, 4.69) is 13.8 Å². The lowest BCUT2D eigenvalue weighted by molar-refractivity contribution is -0.225. The summed E-state index contributed by atoms with van der Waals surface area (Å²) in [5.74, 6) is 0.227. The fourth-order valence-corrected chi connectivity index (χ4v) is 9.68. The predicted molar refractivity (Wildman–Crippen MR) is 245 cm³/mol. The summed E-state index contributed by atoms with van der Waals surface area (Å²) in [5, 5.41) is 10.6. The van der Waals surface area contributed by atoms with Gasteiger partial charge in [-0.15, -0.1) is 0 Å². The fourth-order valence-electron chi connectivity index (χ4n) is 9.68. The Morgan fingerprint density at radius 2 is 1.05 bits per heavy atom. The van der Waals surface area contributed by atoms with Crippen molar-refractivity contribution in [2.75, 3.05) is 6.61 Å². The highest BCUT2D eigenvalue weighted by molar-refractivity contribution is 5.83. The number of cyclic esters (lactones) is 1. The summed E-state index contributed by atoms with van der Waals surface area (Å²) in [6.07, 6.45) is 19.8. The molecule has 3 atom stereocenters. The summed E-state index contributed by atoms with van der Waals surface area (Å²) in [4.78, 5) is 58.9. The third-order valence-corrected chi connectivity index (χ3v) is 15.9. The number of aliphatic hydroxyl groups is 1. The van der Waals surface area contributed by atoms with E-state index in [0.29, 0.717) is 37.7 Å². The molecule has 4 bridgehead atoms. The smallest absolute Gasteiger partial charge is 0.347 e. The summed E-state index contributed by atoms with van der Waals surface area (Å²) < 4.78 is 27.2. The molecule has 0 radical (unpaired) electrons. The van der Waals surface area contributed by atoms with Crippen LogP contribution in [0.2, 0.25) is 0 Å². The van der Waals surface area contributed by atoms with Crippen LogP contribution in [-0.2, 0) is 47.7 Å². The highest BCUT2D eigenvalue weighted by atomic mass is 16.6. The summed E-state index contributed by atoms with van der Waals surface area (Å²) >= 11 is 0. The molecule has 0 aromatic rings. The van der Waals surface area contributed by atoms with Gasteiger partial charge in [0.05, 0.1) is 33.9 Å². The monoisotopic (exact) mass is 891 g/mol.